The molecule has 0 saturated heterocycles. The molecule has 2 amide bonds. The predicted octanol–water partition coefficient (Wildman–Crippen LogP) is -0.315. The van der Waals surface area contributed by atoms with Crippen LogP contribution in [0, 0.1) is 18.8 Å². The Hall–Kier alpha value is -1.90. The molecule has 0 bridgehead atoms. The number of hydrogen-bond acceptors (Lipinski definition) is 2. The topological polar surface area (TPSA) is 98.7 Å². The second-order valence-corrected chi connectivity index (χ2v) is 1.65. The fourth-order valence-electron chi connectivity index (χ4n) is 0.457. The van der Waals surface area contributed by atoms with E-state index in [2.05, 4.69) is 18.8 Å². The van der Waals surface area contributed by atoms with Crippen LogP contribution in [0.4, 0.5) is 9.59 Å². The number of amides is 2. The van der Waals surface area contributed by atoms with Gasteiger partial charge in [0.05, 0.1) is 0 Å². The first-order valence-corrected chi connectivity index (χ1v) is 2.83. The fraction of sp³-hybridized carbons (Fsp3) is 0.167. The first kappa shape index (κ1) is 10.1. The SMILES string of the molecule is [CH2]C#CC(NC(=O)O)NC(=O)O. The highest BCUT2D eigenvalue weighted by Gasteiger charge is 2.09. The third-order valence-corrected chi connectivity index (χ3v) is 0.782. The molecule has 0 aliphatic heterocycles. The number of rotatable bonds is 2. The van der Waals surface area contributed by atoms with E-state index in [1.165, 1.54) is 0 Å². The summed E-state index contributed by atoms with van der Waals surface area (Å²) in [5, 5.41) is 20.0. The highest BCUT2D eigenvalue weighted by Crippen LogP contribution is 1.75. The maximum atomic E-state index is 10.0. The fourth-order valence-corrected chi connectivity index (χ4v) is 0.457. The van der Waals surface area contributed by atoms with Crippen molar-refractivity contribution in [3.63, 3.8) is 0 Å². The first-order valence-electron chi connectivity index (χ1n) is 2.83. The summed E-state index contributed by atoms with van der Waals surface area (Å²) in [5.74, 6) is 4.33. The van der Waals surface area contributed by atoms with Gasteiger partial charge in [-0.25, -0.2) is 9.59 Å². The summed E-state index contributed by atoms with van der Waals surface area (Å²) >= 11 is 0. The van der Waals surface area contributed by atoms with Crippen LogP contribution in [-0.4, -0.2) is 28.6 Å². The van der Waals surface area contributed by atoms with Gasteiger partial charge >= 0.3 is 12.2 Å². The number of carboxylic acid groups (broad SMARTS) is 2. The number of nitrogens with one attached hydrogen (secondary N) is 2. The summed E-state index contributed by atoms with van der Waals surface area (Å²) in [6, 6.07) is 0. The molecule has 0 fully saturated rings. The molecule has 12 heavy (non-hydrogen) atoms. The minimum Gasteiger partial charge on any atom is -0.465 e. The molecule has 0 aromatic rings. The van der Waals surface area contributed by atoms with Gasteiger partial charge in [-0.2, -0.15) is 0 Å². The van der Waals surface area contributed by atoms with Crippen LogP contribution in [0.25, 0.3) is 0 Å². The highest BCUT2D eigenvalue weighted by atomic mass is 16.4. The van der Waals surface area contributed by atoms with Gasteiger partial charge in [0.2, 0.25) is 0 Å². The second kappa shape index (κ2) is 4.85. The van der Waals surface area contributed by atoms with Crippen molar-refractivity contribution in [3.05, 3.63) is 6.92 Å². The van der Waals surface area contributed by atoms with Crippen LogP contribution < -0.4 is 10.6 Å². The van der Waals surface area contributed by atoms with Crippen molar-refractivity contribution in [1.82, 2.24) is 10.6 Å². The Kier molecular flexibility index (Phi) is 4.08. The average molecular weight is 171 g/mol. The van der Waals surface area contributed by atoms with Crippen molar-refractivity contribution >= 4 is 12.2 Å². The molecule has 4 N–H and O–H groups in total. The Morgan fingerprint density at radius 3 is 1.92 bits per heavy atom. The molecule has 0 heterocycles. The molecule has 0 saturated carbocycles. The lowest BCUT2D eigenvalue weighted by atomic mass is 10.5. The van der Waals surface area contributed by atoms with E-state index in [0.717, 1.165) is 0 Å². The minimum atomic E-state index is -1.36. The Morgan fingerprint density at radius 2 is 1.67 bits per heavy atom. The lowest BCUT2D eigenvalue weighted by Crippen LogP contribution is -2.46. The summed E-state index contributed by atoms with van der Waals surface area (Å²) in [6.07, 6.45) is -3.87. The third-order valence-electron chi connectivity index (χ3n) is 0.782. The van der Waals surface area contributed by atoms with Crippen molar-refractivity contribution in [1.29, 1.82) is 0 Å². The molecule has 6 nitrogen and oxygen atoms in total. The van der Waals surface area contributed by atoms with E-state index in [9.17, 15) is 9.59 Å². The Morgan fingerprint density at radius 1 is 1.25 bits per heavy atom. The summed E-state index contributed by atoms with van der Waals surface area (Å²) in [7, 11) is 0. The third kappa shape index (κ3) is 4.93. The van der Waals surface area contributed by atoms with Gasteiger partial charge in [-0.1, -0.05) is 11.8 Å². The zero-order valence-corrected chi connectivity index (χ0v) is 6.00. The number of hydrogen-bond donors (Lipinski definition) is 4. The van der Waals surface area contributed by atoms with Crippen LogP contribution in [0.5, 0.6) is 0 Å². The first-order chi connectivity index (χ1) is 5.56. The Labute approximate surface area is 68.6 Å². The molecule has 6 heteroatoms. The Bertz CT molecular complexity index is 224. The predicted molar refractivity (Wildman–Crippen MR) is 39.2 cm³/mol. The lowest BCUT2D eigenvalue weighted by molar-refractivity contribution is 0.181. The molecule has 0 spiro atoms. The van der Waals surface area contributed by atoms with Gasteiger partial charge in [-0.05, 0) is 0 Å². The van der Waals surface area contributed by atoms with Crippen molar-refractivity contribution in [2.45, 2.75) is 6.17 Å². The molecule has 0 aromatic carbocycles. The van der Waals surface area contributed by atoms with Gasteiger partial charge in [-0.3, -0.25) is 10.6 Å². The standard InChI is InChI=1S/C6H7N2O4/c1-2-3-4(7-5(9)10)8-6(11)12/h4,7-8H,1H2,(H,9,10)(H,11,12). The maximum Gasteiger partial charge on any atom is 0.407 e. The van der Waals surface area contributed by atoms with Gasteiger partial charge in [0.15, 0.2) is 6.17 Å². The molecule has 0 aliphatic carbocycles. The molecule has 0 atom stereocenters. The van der Waals surface area contributed by atoms with Crippen LogP contribution in [0.15, 0.2) is 0 Å². The van der Waals surface area contributed by atoms with Crippen molar-refractivity contribution in [2.24, 2.45) is 0 Å². The van der Waals surface area contributed by atoms with Crippen LogP contribution in [0.2, 0.25) is 0 Å². The van der Waals surface area contributed by atoms with Crippen LogP contribution in [0.1, 0.15) is 0 Å². The Balaban J connectivity index is 4.10. The van der Waals surface area contributed by atoms with Gasteiger partial charge in [0.1, 0.15) is 0 Å². The summed E-state index contributed by atoms with van der Waals surface area (Å²) < 4.78 is 0. The summed E-state index contributed by atoms with van der Waals surface area (Å²) in [6.45, 7) is 3.11. The van der Waals surface area contributed by atoms with Crippen molar-refractivity contribution < 1.29 is 19.8 Å². The van der Waals surface area contributed by atoms with Crippen LogP contribution in [-0.2, 0) is 0 Å². The van der Waals surface area contributed by atoms with Crippen molar-refractivity contribution in [3.8, 4) is 11.8 Å². The van der Waals surface area contributed by atoms with E-state index in [1.807, 2.05) is 10.6 Å². The van der Waals surface area contributed by atoms with E-state index in [0.29, 0.717) is 0 Å². The largest absolute Gasteiger partial charge is 0.465 e. The normalized spacial score (nSPS) is 8.17. The molecule has 0 rings (SSSR count). The van der Waals surface area contributed by atoms with E-state index in [1.54, 1.807) is 0 Å². The molecular formula is C6H7N2O4. The molecule has 0 unspecified atom stereocenters. The molecule has 0 aliphatic rings. The maximum absolute atomic E-state index is 10.0. The summed E-state index contributed by atoms with van der Waals surface area (Å²) in [5.41, 5.74) is 0. The van der Waals surface area contributed by atoms with Gasteiger partial charge in [0.25, 0.3) is 0 Å². The molecule has 1 radical (unpaired) electrons. The van der Waals surface area contributed by atoms with E-state index < -0.39 is 18.4 Å². The quantitative estimate of drug-likeness (QED) is 0.338. The highest BCUT2D eigenvalue weighted by molar-refractivity contribution is 5.69. The van der Waals surface area contributed by atoms with E-state index >= 15 is 0 Å². The monoisotopic (exact) mass is 171 g/mol. The summed E-state index contributed by atoms with van der Waals surface area (Å²) in [4.78, 5) is 20.1. The number of carbonyl (C=O) groups is 2. The van der Waals surface area contributed by atoms with Crippen LogP contribution >= 0.6 is 0 Å². The lowest BCUT2D eigenvalue weighted by Gasteiger charge is -2.08. The van der Waals surface area contributed by atoms with Crippen LogP contribution in [0.3, 0.4) is 0 Å². The second-order valence-electron chi connectivity index (χ2n) is 1.65. The minimum absolute atomic E-state index is 1.14. The smallest absolute Gasteiger partial charge is 0.407 e. The van der Waals surface area contributed by atoms with Gasteiger partial charge < -0.3 is 10.2 Å². The van der Waals surface area contributed by atoms with E-state index in [4.69, 9.17) is 10.2 Å². The average Bonchev–Trinajstić information content (AvgIpc) is 1.84. The molecule has 0 aromatic heterocycles. The zero-order valence-electron chi connectivity index (χ0n) is 6.00. The van der Waals surface area contributed by atoms with Gasteiger partial charge in [0, 0.05) is 6.92 Å². The van der Waals surface area contributed by atoms with E-state index in [-0.39, 0.29) is 0 Å². The zero-order chi connectivity index (χ0) is 9.56. The molecular weight excluding hydrogens is 164 g/mol. The van der Waals surface area contributed by atoms with Gasteiger partial charge in [-0.15, -0.1) is 0 Å². The molecule has 65 valence electrons. The van der Waals surface area contributed by atoms with Crippen molar-refractivity contribution in [2.75, 3.05) is 0 Å².